The second-order valence-corrected chi connectivity index (χ2v) is 8.68. The number of ether oxygens (including phenoxy) is 1. The normalized spacial score (nSPS) is 24.1. The fourth-order valence-corrected chi connectivity index (χ4v) is 4.56. The molecule has 4 rings (SSSR count). The number of hydrogen-bond donors (Lipinski definition) is 4. The largest absolute Gasteiger partial charge is 0.495 e. The highest BCUT2D eigenvalue weighted by Crippen LogP contribution is 2.25. The Hall–Kier alpha value is -2.79. The van der Waals surface area contributed by atoms with E-state index in [9.17, 15) is 9.90 Å². The minimum Gasteiger partial charge on any atom is -0.495 e. The van der Waals surface area contributed by atoms with E-state index in [1.807, 2.05) is 12.1 Å². The second kappa shape index (κ2) is 11.6. The third-order valence-electron chi connectivity index (χ3n) is 6.10. The Bertz CT molecular complexity index is 1010. The van der Waals surface area contributed by atoms with E-state index >= 15 is 0 Å². The molecular weight excluding hydrogens is 458 g/mol. The summed E-state index contributed by atoms with van der Waals surface area (Å²) in [6, 6.07) is 7.32. The lowest BCUT2D eigenvalue weighted by molar-refractivity contribution is -0.123. The Morgan fingerprint density at radius 3 is 2.94 bits per heavy atom. The summed E-state index contributed by atoms with van der Waals surface area (Å²) in [5.41, 5.74) is 0.904. The minimum atomic E-state index is -0.510. The van der Waals surface area contributed by atoms with Crippen molar-refractivity contribution in [2.24, 2.45) is 10.9 Å². The number of aliphatic hydroxyl groups is 1. The zero-order valence-corrected chi connectivity index (χ0v) is 19.8. The Balaban J connectivity index is 1.50. The van der Waals surface area contributed by atoms with E-state index in [0.29, 0.717) is 35.5 Å². The fourth-order valence-electron chi connectivity index (χ4n) is 4.28. The summed E-state index contributed by atoms with van der Waals surface area (Å²) in [5.74, 6) is 1.05. The van der Waals surface area contributed by atoms with Crippen molar-refractivity contribution in [3.8, 4) is 5.75 Å². The maximum atomic E-state index is 13.1. The van der Waals surface area contributed by atoms with Crippen LogP contribution in [0.1, 0.15) is 24.2 Å². The molecule has 1 aromatic carbocycles. The van der Waals surface area contributed by atoms with Crippen LogP contribution in [-0.4, -0.2) is 70.9 Å². The number of aliphatic imine (C=N–C) groups is 1. The van der Waals surface area contributed by atoms with Gasteiger partial charge in [-0.25, -0.2) is 9.97 Å². The minimum absolute atomic E-state index is 0.0762. The van der Waals surface area contributed by atoms with Gasteiger partial charge in [0.2, 0.25) is 5.91 Å². The van der Waals surface area contributed by atoms with Crippen LogP contribution in [0.3, 0.4) is 0 Å². The van der Waals surface area contributed by atoms with Crippen LogP contribution in [0.25, 0.3) is 0 Å². The maximum absolute atomic E-state index is 13.1. The smallest absolute Gasteiger partial charge is 0.232 e. The highest BCUT2D eigenvalue weighted by molar-refractivity contribution is 6.32. The van der Waals surface area contributed by atoms with Gasteiger partial charge in [0.15, 0.2) is 0 Å². The number of likely N-dealkylation sites (tertiary alicyclic amines) is 1. The molecule has 11 heteroatoms. The summed E-state index contributed by atoms with van der Waals surface area (Å²) >= 11 is 6.27. The number of amides is 1. The quantitative estimate of drug-likeness (QED) is 0.433. The van der Waals surface area contributed by atoms with Crippen LogP contribution >= 0.6 is 11.6 Å². The van der Waals surface area contributed by atoms with Gasteiger partial charge in [0, 0.05) is 31.5 Å². The molecule has 1 amide bonds. The number of aliphatic hydroxyl groups excluding tert-OH is 1. The molecule has 4 N–H and O–H groups in total. The first kappa shape index (κ1) is 24.3. The number of nitrogens with zero attached hydrogens (tertiary/aromatic N) is 4. The van der Waals surface area contributed by atoms with Crippen molar-refractivity contribution in [3.05, 3.63) is 53.1 Å². The van der Waals surface area contributed by atoms with Gasteiger partial charge >= 0.3 is 0 Å². The summed E-state index contributed by atoms with van der Waals surface area (Å²) in [6.07, 6.45) is 5.03. The van der Waals surface area contributed by atoms with Crippen molar-refractivity contribution < 1.29 is 14.6 Å². The number of methoxy groups -OCH3 is 1. The first-order chi connectivity index (χ1) is 16.6. The van der Waals surface area contributed by atoms with E-state index in [-0.39, 0.29) is 31.4 Å². The number of hydrogen-bond acceptors (Lipinski definition) is 8. The molecule has 2 unspecified atom stereocenters. The van der Waals surface area contributed by atoms with Crippen molar-refractivity contribution >= 4 is 23.3 Å². The average molecular weight is 488 g/mol. The zero-order chi connectivity index (χ0) is 23.9. The van der Waals surface area contributed by atoms with Gasteiger partial charge in [-0.15, -0.1) is 0 Å². The molecule has 182 valence electrons. The first-order valence-electron chi connectivity index (χ1n) is 11.4. The molecule has 2 aliphatic heterocycles. The molecule has 0 radical (unpaired) electrons. The predicted molar refractivity (Wildman–Crippen MR) is 128 cm³/mol. The summed E-state index contributed by atoms with van der Waals surface area (Å²) in [4.78, 5) is 28.3. The number of carbonyl (C=O) groups is 1. The third kappa shape index (κ3) is 5.82. The van der Waals surface area contributed by atoms with Gasteiger partial charge in [-0.1, -0.05) is 17.7 Å². The van der Waals surface area contributed by atoms with Crippen LogP contribution in [0.2, 0.25) is 5.02 Å². The molecule has 34 heavy (non-hydrogen) atoms. The van der Waals surface area contributed by atoms with Crippen LogP contribution in [0.15, 0.2) is 41.7 Å². The molecule has 2 fully saturated rings. The SMILES string of the molecule is COc1ccc(CN=C2NC(N3CCC[C@H]3CO)NCC2C(=O)NCc2ncccn2)cc1Cl. The van der Waals surface area contributed by atoms with E-state index in [2.05, 4.69) is 30.8 Å². The third-order valence-corrected chi connectivity index (χ3v) is 6.40. The zero-order valence-electron chi connectivity index (χ0n) is 19.1. The highest BCUT2D eigenvalue weighted by Gasteiger charge is 2.37. The molecule has 0 spiro atoms. The van der Waals surface area contributed by atoms with E-state index in [4.69, 9.17) is 21.3 Å². The van der Waals surface area contributed by atoms with E-state index in [0.717, 1.165) is 24.9 Å². The summed E-state index contributed by atoms with van der Waals surface area (Å²) in [5, 5.41) is 20.0. The van der Waals surface area contributed by atoms with E-state index in [1.165, 1.54) is 0 Å². The number of aromatic nitrogens is 2. The molecule has 1 aromatic heterocycles. The number of carbonyl (C=O) groups excluding carboxylic acids is 1. The Morgan fingerprint density at radius 1 is 1.38 bits per heavy atom. The molecule has 2 saturated heterocycles. The van der Waals surface area contributed by atoms with Crippen LogP contribution in [0, 0.1) is 5.92 Å². The molecule has 0 aliphatic carbocycles. The van der Waals surface area contributed by atoms with Crippen molar-refractivity contribution in [3.63, 3.8) is 0 Å². The maximum Gasteiger partial charge on any atom is 0.232 e. The van der Waals surface area contributed by atoms with Gasteiger partial charge in [0.05, 0.1) is 31.8 Å². The highest BCUT2D eigenvalue weighted by atomic mass is 35.5. The van der Waals surface area contributed by atoms with Crippen LogP contribution < -0.4 is 20.7 Å². The van der Waals surface area contributed by atoms with Crippen LogP contribution in [0.5, 0.6) is 5.75 Å². The van der Waals surface area contributed by atoms with Gasteiger partial charge in [-0.3, -0.25) is 20.0 Å². The van der Waals surface area contributed by atoms with Gasteiger partial charge in [-0.2, -0.15) is 0 Å². The topological polar surface area (TPSA) is 124 Å². The fraction of sp³-hybridized carbons (Fsp3) is 0.478. The molecular formula is C23H30ClN7O3. The van der Waals surface area contributed by atoms with Gasteiger partial charge < -0.3 is 20.5 Å². The molecule has 2 aliphatic rings. The first-order valence-corrected chi connectivity index (χ1v) is 11.7. The monoisotopic (exact) mass is 487 g/mol. The van der Waals surface area contributed by atoms with Crippen molar-refractivity contribution in [2.45, 2.75) is 38.3 Å². The Kier molecular flexibility index (Phi) is 8.28. The molecule has 10 nitrogen and oxygen atoms in total. The van der Waals surface area contributed by atoms with Crippen LogP contribution in [-0.2, 0) is 17.9 Å². The predicted octanol–water partition coefficient (Wildman–Crippen LogP) is 0.903. The number of halogens is 1. The Labute approximate surface area is 203 Å². The Morgan fingerprint density at radius 2 is 2.21 bits per heavy atom. The lowest BCUT2D eigenvalue weighted by Gasteiger charge is -2.39. The molecule has 3 atom stereocenters. The van der Waals surface area contributed by atoms with Gasteiger partial charge in [0.25, 0.3) is 0 Å². The summed E-state index contributed by atoms with van der Waals surface area (Å²) in [7, 11) is 1.57. The molecule has 2 aromatic rings. The second-order valence-electron chi connectivity index (χ2n) is 8.28. The number of nitrogens with one attached hydrogen (secondary N) is 3. The standard InChI is InChI=1S/C23H30ClN7O3/c1-34-19-6-5-15(10-18(19)24)11-27-21-17(22(33)28-13-20-25-7-3-8-26-20)12-29-23(30-21)31-9-2-4-16(31)14-32/h3,5-8,10,16-17,23,29,32H,2,4,9,11-14H2,1H3,(H,27,30)(H,28,33)/t16-,17?,23?/m0/s1. The summed E-state index contributed by atoms with van der Waals surface area (Å²) < 4.78 is 5.22. The number of benzene rings is 1. The average Bonchev–Trinajstić information content (AvgIpc) is 3.35. The van der Waals surface area contributed by atoms with Gasteiger partial charge in [0.1, 0.15) is 29.6 Å². The van der Waals surface area contributed by atoms with Crippen molar-refractivity contribution in [2.75, 3.05) is 26.8 Å². The molecule has 0 saturated carbocycles. The molecule has 0 bridgehead atoms. The van der Waals surface area contributed by atoms with Crippen LogP contribution in [0.4, 0.5) is 0 Å². The van der Waals surface area contributed by atoms with E-state index < -0.39 is 5.92 Å². The summed E-state index contributed by atoms with van der Waals surface area (Å²) in [6.45, 7) is 1.96. The van der Waals surface area contributed by atoms with Gasteiger partial charge in [-0.05, 0) is 36.6 Å². The number of amidine groups is 1. The number of rotatable bonds is 8. The van der Waals surface area contributed by atoms with Crippen molar-refractivity contribution in [1.82, 2.24) is 30.8 Å². The molecule has 3 heterocycles. The van der Waals surface area contributed by atoms with Crippen molar-refractivity contribution in [1.29, 1.82) is 0 Å². The lowest BCUT2D eigenvalue weighted by Crippen LogP contribution is -2.66. The van der Waals surface area contributed by atoms with E-state index in [1.54, 1.807) is 31.6 Å². The lowest BCUT2D eigenvalue weighted by atomic mass is 10.0.